The van der Waals surface area contributed by atoms with Crippen molar-refractivity contribution in [2.75, 3.05) is 36.4 Å². The second-order valence-corrected chi connectivity index (χ2v) is 11.2. The number of aliphatic imine (C=N–C) groups is 1. The lowest BCUT2D eigenvalue weighted by atomic mass is 10.1. The van der Waals surface area contributed by atoms with Gasteiger partial charge in [0, 0.05) is 43.3 Å². The molecule has 8 nitrogen and oxygen atoms in total. The van der Waals surface area contributed by atoms with Crippen LogP contribution in [0.1, 0.15) is 75.9 Å². The summed E-state index contributed by atoms with van der Waals surface area (Å²) >= 11 is 0. The van der Waals surface area contributed by atoms with Crippen molar-refractivity contribution in [2.45, 2.75) is 58.8 Å². The first-order valence-corrected chi connectivity index (χ1v) is 15.0. The highest BCUT2D eigenvalue weighted by atomic mass is 16.1. The summed E-state index contributed by atoms with van der Waals surface area (Å²) in [5.74, 6) is 1.10. The predicted molar refractivity (Wildman–Crippen MR) is 167 cm³/mol. The quantitative estimate of drug-likeness (QED) is 0.329. The van der Waals surface area contributed by atoms with Gasteiger partial charge < -0.3 is 20.5 Å². The van der Waals surface area contributed by atoms with E-state index in [0.717, 1.165) is 95.4 Å². The zero-order chi connectivity index (χ0) is 28.2. The molecule has 0 atom stereocenters. The van der Waals surface area contributed by atoms with Crippen LogP contribution in [-0.2, 0) is 4.79 Å². The molecule has 5 heterocycles. The van der Waals surface area contributed by atoms with Gasteiger partial charge in [-0.3, -0.25) is 9.79 Å². The van der Waals surface area contributed by atoms with E-state index in [1.807, 2.05) is 18.3 Å². The SMILES string of the molecule is CCCCC(=O)NC1=CC(c2ccc3c(n2)C(c2cc4c(N5CCCCC5)nccc4[nH]2)=NCCN3)=CCC(C)=C1. The van der Waals surface area contributed by atoms with Crippen molar-refractivity contribution >= 4 is 39.6 Å². The largest absolute Gasteiger partial charge is 0.381 e. The fourth-order valence-electron chi connectivity index (χ4n) is 5.79. The molecule has 2 aliphatic heterocycles. The average molecular weight is 550 g/mol. The van der Waals surface area contributed by atoms with Crippen molar-refractivity contribution in [3.05, 3.63) is 77.0 Å². The van der Waals surface area contributed by atoms with Crippen LogP contribution < -0.4 is 15.5 Å². The number of carbonyl (C=O) groups is 1. The Morgan fingerprint density at radius 3 is 2.85 bits per heavy atom. The number of hydrogen-bond acceptors (Lipinski definition) is 6. The van der Waals surface area contributed by atoms with Gasteiger partial charge in [-0.25, -0.2) is 9.97 Å². The van der Waals surface area contributed by atoms with E-state index >= 15 is 0 Å². The minimum absolute atomic E-state index is 0.0501. The lowest BCUT2D eigenvalue weighted by molar-refractivity contribution is -0.120. The number of amides is 1. The summed E-state index contributed by atoms with van der Waals surface area (Å²) < 4.78 is 0. The number of aromatic nitrogens is 3. The van der Waals surface area contributed by atoms with Gasteiger partial charge in [0.1, 0.15) is 17.2 Å². The number of nitrogens with one attached hydrogen (secondary N) is 3. The van der Waals surface area contributed by atoms with E-state index in [4.69, 9.17) is 15.0 Å². The first kappa shape index (κ1) is 27.0. The van der Waals surface area contributed by atoms with E-state index in [9.17, 15) is 4.79 Å². The number of carbonyl (C=O) groups excluding carboxylic acids is 1. The standard InChI is InChI=1S/C33H39N7O/c1-3-4-8-30(41)37-24-19-22(2)9-10-23(20-24)26-11-12-28-32(39-26)31(35-16-15-34-28)29-21-25-27(38-29)13-14-36-33(25)40-17-6-5-7-18-40/h10-14,19-21,34,38H,3-9,15-18H2,1-2H3,(H,37,41). The van der Waals surface area contributed by atoms with E-state index in [2.05, 4.69) is 64.7 Å². The number of anilines is 2. The molecular weight excluding hydrogens is 510 g/mol. The number of allylic oxidation sites excluding steroid dienone is 5. The van der Waals surface area contributed by atoms with Crippen LogP contribution in [0.2, 0.25) is 0 Å². The van der Waals surface area contributed by atoms with Crippen LogP contribution >= 0.6 is 0 Å². The molecule has 3 N–H and O–H groups in total. The number of rotatable bonds is 7. The molecule has 41 heavy (non-hydrogen) atoms. The molecule has 1 saturated heterocycles. The van der Waals surface area contributed by atoms with Crippen LogP contribution in [0, 0.1) is 0 Å². The van der Waals surface area contributed by atoms with Crippen LogP contribution in [0.15, 0.2) is 65.0 Å². The minimum atomic E-state index is 0.0501. The Morgan fingerprint density at radius 2 is 2.00 bits per heavy atom. The maximum absolute atomic E-state index is 12.5. The molecule has 8 heteroatoms. The molecule has 0 bridgehead atoms. The number of pyridine rings is 2. The van der Waals surface area contributed by atoms with Gasteiger partial charge in [0.2, 0.25) is 5.91 Å². The van der Waals surface area contributed by atoms with E-state index in [0.29, 0.717) is 13.0 Å². The van der Waals surface area contributed by atoms with E-state index in [-0.39, 0.29) is 5.91 Å². The van der Waals surface area contributed by atoms with Crippen LogP contribution in [0.25, 0.3) is 16.5 Å². The Labute approximate surface area is 241 Å². The topological polar surface area (TPSA) is 98.3 Å². The second kappa shape index (κ2) is 12.1. The molecule has 0 saturated carbocycles. The lowest BCUT2D eigenvalue weighted by Gasteiger charge is -2.28. The molecule has 0 radical (unpaired) electrons. The first-order valence-electron chi connectivity index (χ1n) is 15.0. The van der Waals surface area contributed by atoms with Crippen LogP contribution in [0.3, 0.4) is 0 Å². The van der Waals surface area contributed by atoms with Crippen molar-refractivity contribution < 1.29 is 4.79 Å². The highest BCUT2D eigenvalue weighted by Crippen LogP contribution is 2.31. The normalized spacial score (nSPS) is 17.4. The summed E-state index contributed by atoms with van der Waals surface area (Å²) in [5, 5.41) is 7.74. The van der Waals surface area contributed by atoms with Crippen LogP contribution in [0.4, 0.5) is 11.5 Å². The zero-order valence-electron chi connectivity index (χ0n) is 24.1. The molecule has 3 aromatic heterocycles. The fraction of sp³-hybridized carbons (Fsp3) is 0.394. The molecule has 6 rings (SSSR count). The lowest BCUT2D eigenvalue weighted by Crippen LogP contribution is -2.30. The van der Waals surface area contributed by atoms with Gasteiger partial charge in [0.05, 0.1) is 29.1 Å². The van der Waals surface area contributed by atoms with Crippen molar-refractivity contribution in [1.82, 2.24) is 20.3 Å². The highest BCUT2D eigenvalue weighted by molar-refractivity contribution is 6.16. The van der Waals surface area contributed by atoms with Crippen LogP contribution in [0.5, 0.6) is 0 Å². The number of hydrogen-bond donors (Lipinski definition) is 3. The third kappa shape index (κ3) is 5.97. The number of unbranched alkanes of at least 4 members (excludes halogenated alkanes) is 1. The van der Waals surface area contributed by atoms with Crippen molar-refractivity contribution in [1.29, 1.82) is 0 Å². The molecular formula is C33H39N7O. The summed E-state index contributed by atoms with van der Waals surface area (Å²) in [6, 6.07) is 8.38. The summed E-state index contributed by atoms with van der Waals surface area (Å²) in [6.07, 6.45) is 15.1. The number of nitrogens with zero attached hydrogens (tertiary/aromatic N) is 4. The molecule has 1 fully saturated rings. The monoisotopic (exact) mass is 549 g/mol. The second-order valence-electron chi connectivity index (χ2n) is 11.2. The van der Waals surface area contributed by atoms with E-state index in [1.54, 1.807) is 0 Å². The Bertz CT molecular complexity index is 1570. The van der Waals surface area contributed by atoms with Gasteiger partial charge in [0.15, 0.2) is 0 Å². The Morgan fingerprint density at radius 1 is 1.12 bits per heavy atom. The molecule has 3 aliphatic rings. The fourth-order valence-corrected chi connectivity index (χ4v) is 5.79. The van der Waals surface area contributed by atoms with Gasteiger partial charge in [0.25, 0.3) is 0 Å². The number of piperidine rings is 1. The van der Waals surface area contributed by atoms with Gasteiger partial charge in [-0.15, -0.1) is 0 Å². The summed E-state index contributed by atoms with van der Waals surface area (Å²) in [4.78, 5) is 33.5. The number of H-pyrrole nitrogens is 1. The van der Waals surface area contributed by atoms with Crippen molar-refractivity contribution in [2.24, 2.45) is 4.99 Å². The molecule has 1 amide bonds. The minimum Gasteiger partial charge on any atom is -0.381 e. The molecule has 0 unspecified atom stereocenters. The van der Waals surface area contributed by atoms with E-state index < -0.39 is 0 Å². The van der Waals surface area contributed by atoms with Gasteiger partial charge in [-0.2, -0.15) is 0 Å². The van der Waals surface area contributed by atoms with Gasteiger partial charge >= 0.3 is 0 Å². The number of aromatic amines is 1. The smallest absolute Gasteiger partial charge is 0.224 e. The molecule has 212 valence electrons. The summed E-state index contributed by atoms with van der Waals surface area (Å²) in [5.41, 5.74) is 8.52. The van der Waals surface area contributed by atoms with E-state index in [1.165, 1.54) is 24.8 Å². The average Bonchev–Trinajstić information content (AvgIpc) is 3.19. The first-order chi connectivity index (χ1) is 20.1. The number of fused-ring (bicyclic) bond motifs is 2. The van der Waals surface area contributed by atoms with Crippen molar-refractivity contribution in [3.63, 3.8) is 0 Å². The van der Waals surface area contributed by atoms with Crippen molar-refractivity contribution in [3.8, 4) is 0 Å². The third-order valence-electron chi connectivity index (χ3n) is 7.95. The summed E-state index contributed by atoms with van der Waals surface area (Å²) in [7, 11) is 0. The zero-order valence-corrected chi connectivity index (χ0v) is 24.1. The Hall–Kier alpha value is -4.20. The molecule has 0 spiro atoms. The van der Waals surface area contributed by atoms with Gasteiger partial charge in [-0.1, -0.05) is 25.0 Å². The third-order valence-corrected chi connectivity index (χ3v) is 7.95. The predicted octanol–water partition coefficient (Wildman–Crippen LogP) is 6.13. The Balaban J connectivity index is 1.35. The summed E-state index contributed by atoms with van der Waals surface area (Å²) in [6.45, 7) is 7.69. The Kier molecular flexibility index (Phi) is 7.98. The van der Waals surface area contributed by atoms with Gasteiger partial charge in [-0.05, 0) is 81.0 Å². The maximum Gasteiger partial charge on any atom is 0.224 e. The maximum atomic E-state index is 12.5. The molecule has 3 aromatic rings. The van der Waals surface area contributed by atoms with Crippen LogP contribution in [-0.4, -0.2) is 52.7 Å². The molecule has 1 aliphatic carbocycles. The molecule has 0 aromatic carbocycles. The highest BCUT2D eigenvalue weighted by Gasteiger charge is 2.22.